The van der Waals surface area contributed by atoms with Crippen LogP contribution in [0.15, 0.2) is 24.3 Å². The van der Waals surface area contributed by atoms with E-state index in [1.807, 2.05) is 0 Å². The van der Waals surface area contributed by atoms with E-state index in [9.17, 15) is 17.6 Å². The minimum atomic E-state index is -4.18. The molecule has 0 aliphatic carbocycles. The summed E-state index contributed by atoms with van der Waals surface area (Å²) in [4.78, 5) is 11.2. The lowest BCUT2D eigenvalue weighted by molar-refractivity contribution is 0.0523. The molecule has 0 aromatic heterocycles. The lowest BCUT2D eigenvalue weighted by Crippen LogP contribution is -2.15. The molecule has 0 atom stereocenters. The lowest BCUT2D eigenvalue weighted by atomic mass is 10.2. The van der Waals surface area contributed by atoms with Crippen LogP contribution in [0.5, 0.6) is 0 Å². The minimum Gasteiger partial charge on any atom is -0.461 e. The highest BCUT2D eigenvalue weighted by molar-refractivity contribution is 7.85. The summed E-state index contributed by atoms with van der Waals surface area (Å²) in [6.45, 7) is -0.522. The molecule has 16 heavy (non-hydrogen) atoms. The van der Waals surface area contributed by atoms with Crippen molar-refractivity contribution in [1.29, 1.82) is 0 Å². The van der Waals surface area contributed by atoms with Gasteiger partial charge in [0.2, 0.25) is 0 Å². The Hall–Kier alpha value is -1.47. The standard InChI is InChI=1S/C9H9FO5S/c10-8-4-2-1-3-7(8)9(11)15-5-6-16(12,13)14/h1-4H,5-6H2,(H,12,13,14). The lowest BCUT2D eigenvalue weighted by Gasteiger charge is -2.03. The first-order valence-electron chi connectivity index (χ1n) is 4.27. The molecule has 1 N–H and O–H groups in total. The van der Waals surface area contributed by atoms with Gasteiger partial charge in [0, 0.05) is 0 Å². The Balaban J connectivity index is 2.57. The summed E-state index contributed by atoms with van der Waals surface area (Å²) < 4.78 is 46.5. The molecule has 0 saturated heterocycles. The molecule has 88 valence electrons. The Kier molecular flexibility index (Phi) is 3.97. The molecule has 0 radical (unpaired) electrons. The van der Waals surface area contributed by atoms with E-state index in [0.717, 1.165) is 6.07 Å². The Bertz CT molecular complexity index is 482. The van der Waals surface area contributed by atoms with Gasteiger partial charge in [0.15, 0.2) is 0 Å². The van der Waals surface area contributed by atoms with Crippen LogP contribution in [0.3, 0.4) is 0 Å². The first kappa shape index (κ1) is 12.6. The van der Waals surface area contributed by atoms with Crippen molar-refractivity contribution in [3.8, 4) is 0 Å². The molecular formula is C9H9FO5S. The van der Waals surface area contributed by atoms with Gasteiger partial charge in [-0.1, -0.05) is 12.1 Å². The fourth-order valence-electron chi connectivity index (χ4n) is 0.944. The Morgan fingerprint density at radius 1 is 1.38 bits per heavy atom. The number of rotatable bonds is 4. The Labute approximate surface area is 91.6 Å². The number of carbonyl (C=O) groups is 1. The minimum absolute atomic E-state index is 0.280. The van der Waals surface area contributed by atoms with Crippen molar-refractivity contribution in [1.82, 2.24) is 0 Å². The quantitative estimate of drug-likeness (QED) is 0.631. The van der Waals surface area contributed by atoms with Gasteiger partial charge in [0.1, 0.15) is 18.2 Å². The van der Waals surface area contributed by atoms with Gasteiger partial charge >= 0.3 is 5.97 Å². The monoisotopic (exact) mass is 248 g/mol. The molecule has 0 spiro atoms. The van der Waals surface area contributed by atoms with E-state index in [4.69, 9.17) is 4.55 Å². The van der Waals surface area contributed by atoms with Crippen molar-refractivity contribution in [2.24, 2.45) is 0 Å². The SMILES string of the molecule is O=C(OCCS(=O)(=O)O)c1ccccc1F. The number of halogens is 1. The van der Waals surface area contributed by atoms with E-state index in [1.165, 1.54) is 18.2 Å². The van der Waals surface area contributed by atoms with Crippen LogP contribution in [-0.4, -0.2) is 31.3 Å². The third-order valence-electron chi connectivity index (χ3n) is 1.67. The first-order valence-corrected chi connectivity index (χ1v) is 5.88. The number of ether oxygens (including phenoxy) is 1. The molecule has 0 aliphatic rings. The second-order valence-corrected chi connectivity index (χ2v) is 4.47. The topological polar surface area (TPSA) is 80.7 Å². The molecule has 0 unspecified atom stereocenters. The van der Waals surface area contributed by atoms with Gasteiger partial charge in [0.05, 0.1) is 5.56 Å². The Morgan fingerprint density at radius 2 is 2.00 bits per heavy atom. The van der Waals surface area contributed by atoms with Crippen molar-refractivity contribution >= 4 is 16.1 Å². The zero-order chi connectivity index (χ0) is 12.2. The maximum Gasteiger partial charge on any atom is 0.341 e. The summed E-state index contributed by atoms with van der Waals surface area (Å²) in [6, 6.07) is 5.15. The van der Waals surface area contributed by atoms with E-state index in [2.05, 4.69) is 4.74 Å². The number of hydrogen-bond donors (Lipinski definition) is 1. The van der Waals surface area contributed by atoms with Crippen LogP contribution in [0.2, 0.25) is 0 Å². The summed E-state index contributed by atoms with van der Waals surface area (Å²) >= 11 is 0. The van der Waals surface area contributed by atoms with Crippen molar-refractivity contribution in [2.75, 3.05) is 12.4 Å². The molecule has 0 heterocycles. The highest BCUT2D eigenvalue weighted by Crippen LogP contribution is 2.07. The summed E-state index contributed by atoms with van der Waals surface area (Å²) in [7, 11) is -4.18. The normalized spacial score (nSPS) is 11.1. The molecule has 0 fully saturated rings. The number of hydrogen-bond acceptors (Lipinski definition) is 4. The maximum absolute atomic E-state index is 13.0. The average Bonchev–Trinajstić information content (AvgIpc) is 2.16. The van der Waals surface area contributed by atoms with E-state index < -0.39 is 34.3 Å². The van der Waals surface area contributed by atoms with Gasteiger partial charge in [-0.25, -0.2) is 9.18 Å². The van der Waals surface area contributed by atoms with E-state index >= 15 is 0 Å². The number of benzene rings is 1. The molecule has 0 aliphatic heterocycles. The fraction of sp³-hybridized carbons (Fsp3) is 0.222. The van der Waals surface area contributed by atoms with Gasteiger partial charge in [0.25, 0.3) is 10.1 Å². The van der Waals surface area contributed by atoms with Crippen LogP contribution in [0.1, 0.15) is 10.4 Å². The van der Waals surface area contributed by atoms with Crippen molar-refractivity contribution in [2.45, 2.75) is 0 Å². The maximum atomic E-state index is 13.0. The van der Waals surface area contributed by atoms with Gasteiger partial charge in [-0.15, -0.1) is 0 Å². The predicted octanol–water partition coefficient (Wildman–Crippen LogP) is 0.870. The van der Waals surface area contributed by atoms with Crippen molar-refractivity contribution in [3.63, 3.8) is 0 Å². The molecule has 0 bridgehead atoms. The largest absolute Gasteiger partial charge is 0.461 e. The van der Waals surface area contributed by atoms with Gasteiger partial charge in [-0.05, 0) is 12.1 Å². The summed E-state index contributed by atoms with van der Waals surface area (Å²) in [6.07, 6.45) is 0. The molecular weight excluding hydrogens is 239 g/mol. The van der Waals surface area contributed by atoms with Crippen molar-refractivity contribution < 1.29 is 26.9 Å². The second-order valence-electron chi connectivity index (χ2n) is 2.90. The van der Waals surface area contributed by atoms with Gasteiger partial charge in [-0.2, -0.15) is 8.42 Å². The smallest absolute Gasteiger partial charge is 0.341 e. The second kappa shape index (κ2) is 5.04. The molecule has 0 amide bonds. The molecule has 5 nitrogen and oxygen atoms in total. The molecule has 1 aromatic carbocycles. The number of carbonyl (C=O) groups excluding carboxylic acids is 1. The van der Waals surface area contributed by atoms with Crippen LogP contribution in [-0.2, 0) is 14.9 Å². The van der Waals surface area contributed by atoms with Gasteiger partial charge in [-0.3, -0.25) is 4.55 Å². The zero-order valence-corrected chi connectivity index (χ0v) is 8.91. The summed E-state index contributed by atoms with van der Waals surface area (Å²) in [5.41, 5.74) is -0.280. The van der Waals surface area contributed by atoms with Gasteiger partial charge < -0.3 is 4.74 Å². The number of esters is 1. The first-order chi connectivity index (χ1) is 7.40. The summed E-state index contributed by atoms with van der Waals surface area (Å²) in [5, 5.41) is 0. The van der Waals surface area contributed by atoms with Crippen LogP contribution in [0.25, 0.3) is 0 Å². The Morgan fingerprint density at radius 3 is 2.56 bits per heavy atom. The molecule has 0 saturated carbocycles. The van der Waals surface area contributed by atoms with Crippen LogP contribution in [0, 0.1) is 5.82 Å². The van der Waals surface area contributed by atoms with Crippen LogP contribution in [0.4, 0.5) is 4.39 Å². The highest BCUT2D eigenvalue weighted by Gasteiger charge is 2.13. The van der Waals surface area contributed by atoms with Crippen molar-refractivity contribution in [3.05, 3.63) is 35.6 Å². The summed E-state index contributed by atoms with van der Waals surface area (Å²) in [5.74, 6) is -2.44. The zero-order valence-electron chi connectivity index (χ0n) is 8.09. The van der Waals surface area contributed by atoms with Crippen LogP contribution < -0.4 is 0 Å². The molecule has 1 rings (SSSR count). The van der Waals surface area contributed by atoms with E-state index in [-0.39, 0.29) is 5.56 Å². The third kappa shape index (κ3) is 3.95. The van der Waals surface area contributed by atoms with E-state index in [0.29, 0.717) is 0 Å². The highest BCUT2D eigenvalue weighted by atomic mass is 32.2. The van der Waals surface area contributed by atoms with E-state index in [1.54, 1.807) is 0 Å². The average molecular weight is 248 g/mol. The predicted molar refractivity (Wildman–Crippen MR) is 53.1 cm³/mol. The fourth-order valence-corrected chi connectivity index (χ4v) is 1.24. The third-order valence-corrected chi connectivity index (χ3v) is 2.35. The van der Waals surface area contributed by atoms with Crippen LogP contribution >= 0.6 is 0 Å². The molecule has 1 aromatic rings. The molecule has 7 heteroatoms.